The Bertz CT molecular complexity index is 1890. The van der Waals surface area contributed by atoms with E-state index >= 15 is 0 Å². The number of hydrogen-bond donors (Lipinski definition) is 3. The van der Waals surface area contributed by atoms with Crippen LogP contribution in [-0.2, 0) is 9.59 Å². The summed E-state index contributed by atoms with van der Waals surface area (Å²) in [5, 5.41) is 8.15. The van der Waals surface area contributed by atoms with Crippen molar-refractivity contribution in [1.82, 2.24) is 5.32 Å². The van der Waals surface area contributed by atoms with E-state index < -0.39 is 11.8 Å². The smallest absolute Gasteiger partial charge is 0.272 e. The van der Waals surface area contributed by atoms with Crippen LogP contribution in [0.2, 0.25) is 0 Å². The lowest BCUT2D eigenvalue weighted by Crippen LogP contribution is -2.30. The highest BCUT2D eigenvalue weighted by atomic mass is 79.9. The first-order valence-corrected chi connectivity index (χ1v) is 17.5. The van der Waals surface area contributed by atoms with E-state index in [0.717, 1.165) is 33.5 Å². The molecular formula is C39H36BrN3O5S. The lowest BCUT2D eigenvalue weighted by Gasteiger charge is -2.14. The largest absolute Gasteiger partial charge is 0.494 e. The molecule has 1 aromatic heterocycles. The molecule has 0 unspecified atom stereocenters. The van der Waals surface area contributed by atoms with E-state index in [-0.39, 0.29) is 16.9 Å². The monoisotopic (exact) mass is 737 g/mol. The molecule has 8 nitrogen and oxygen atoms in total. The Labute approximate surface area is 298 Å². The first kappa shape index (κ1) is 35.3. The molecule has 1 heterocycles. The van der Waals surface area contributed by atoms with Crippen molar-refractivity contribution in [1.29, 1.82) is 0 Å². The Morgan fingerprint density at radius 1 is 0.837 bits per heavy atom. The molecule has 4 aromatic carbocycles. The average molecular weight is 739 g/mol. The molecule has 5 rings (SSSR count). The zero-order chi connectivity index (χ0) is 34.6. The first-order chi connectivity index (χ1) is 23.8. The number of halogens is 1. The molecule has 0 aliphatic heterocycles. The number of anilines is 2. The molecule has 0 saturated carbocycles. The summed E-state index contributed by atoms with van der Waals surface area (Å²) < 4.78 is 12.6. The van der Waals surface area contributed by atoms with Gasteiger partial charge in [0.15, 0.2) is 0 Å². The molecule has 0 fully saturated rings. The highest BCUT2D eigenvalue weighted by Gasteiger charge is 2.18. The molecule has 0 aliphatic carbocycles. The molecule has 5 aromatic rings. The van der Waals surface area contributed by atoms with Crippen LogP contribution in [0, 0.1) is 0 Å². The summed E-state index contributed by atoms with van der Waals surface area (Å²) in [6.45, 7) is 4.62. The van der Waals surface area contributed by atoms with Crippen LogP contribution in [0.3, 0.4) is 0 Å². The number of benzene rings is 4. The van der Waals surface area contributed by atoms with E-state index in [4.69, 9.17) is 9.15 Å². The number of unbranched alkanes of at least 4 members (excludes halogenated alkanes) is 1. The normalized spacial score (nSPS) is 11.8. The number of nitrogens with one attached hydrogen (secondary N) is 3. The van der Waals surface area contributed by atoms with Gasteiger partial charge in [0.1, 0.15) is 23.0 Å². The average Bonchev–Trinajstić information content (AvgIpc) is 3.58. The molecule has 3 N–H and O–H groups in total. The van der Waals surface area contributed by atoms with Gasteiger partial charge in [0, 0.05) is 37.9 Å². The van der Waals surface area contributed by atoms with Gasteiger partial charge < -0.3 is 25.1 Å². The van der Waals surface area contributed by atoms with E-state index in [2.05, 4.69) is 38.8 Å². The fraction of sp³-hybridized carbons (Fsp3) is 0.154. The molecule has 10 heteroatoms. The molecule has 0 spiro atoms. The SMILES string of the molecule is CCCCOc1ccc(NC(=O)[C@H](C)Sc2ccc(NC(=O)/C(=C/c3ccc(-c4ccc(Br)cc4)o3)NC(=O)c3ccccc3)cc2)cc1. The van der Waals surface area contributed by atoms with Gasteiger partial charge in [0.2, 0.25) is 5.91 Å². The second-order valence-electron chi connectivity index (χ2n) is 11.0. The third-order valence-electron chi connectivity index (χ3n) is 7.25. The quantitative estimate of drug-likeness (QED) is 0.0595. The van der Waals surface area contributed by atoms with Gasteiger partial charge in [-0.25, -0.2) is 0 Å². The predicted octanol–water partition coefficient (Wildman–Crippen LogP) is 9.42. The Hall–Kier alpha value is -5.06. The van der Waals surface area contributed by atoms with Crippen LogP contribution in [0.1, 0.15) is 42.8 Å². The van der Waals surface area contributed by atoms with Gasteiger partial charge in [0.05, 0.1) is 11.9 Å². The predicted molar refractivity (Wildman–Crippen MR) is 200 cm³/mol. The second-order valence-corrected chi connectivity index (χ2v) is 13.4. The lowest BCUT2D eigenvalue weighted by atomic mass is 10.2. The maximum atomic E-state index is 13.5. The van der Waals surface area contributed by atoms with Crippen molar-refractivity contribution < 1.29 is 23.5 Å². The van der Waals surface area contributed by atoms with Gasteiger partial charge in [0.25, 0.3) is 11.8 Å². The van der Waals surface area contributed by atoms with Crippen molar-refractivity contribution in [3.8, 4) is 17.1 Å². The number of carbonyl (C=O) groups is 3. The van der Waals surface area contributed by atoms with E-state index in [1.54, 1.807) is 48.5 Å². The van der Waals surface area contributed by atoms with Gasteiger partial charge in [-0.15, -0.1) is 11.8 Å². The zero-order valence-electron chi connectivity index (χ0n) is 27.1. The van der Waals surface area contributed by atoms with E-state index in [0.29, 0.717) is 35.1 Å². The number of furan rings is 1. The van der Waals surface area contributed by atoms with Crippen molar-refractivity contribution in [2.45, 2.75) is 36.8 Å². The highest BCUT2D eigenvalue weighted by Crippen LogP contribution is 2.27. The van der Waals surface area contributed by atoms with Crippen LogP contribution in [0.25, 0.3) is 17.4 Å². The van der Waals surface area contributed by atoms with Gasteiger partial charge in [-0.2, -0.15) is 0 Å². The molecule has 49 heavy (non-hydrogen) atoms. The topological polar surface area (TPSA) is 110 Å². The molecular weight excluding hydrogens is 702 g/mol. The Kier molecular flexibility index (Phi) is 12.5. The van der Waals surface area contributed by atoms with Crippen molar-refractivity contribution >= 4 is 62.9 Å². The van der Waals surface area contributed by atoms with Crippen molar-refractivity contribution in [2.24, 2.45) is 0 Å². The van der Waals surface area contributed by atoms with Gasteiger partial charge in [-0.1, -0.05) is 59.6 Å². The Morgan fingerprint density at radius 3 is 2.20 bits per heavy atom. The summed E-state index contributed by atoms with van der Waals surface area (Å²) in [7, 11) is 0. The maximum Gasteiger partial charge on any atom is 0.272 e. The standard InChI is InChI=1S/C39H36BrN3O5S/c1-3-4-24-47-32-18-14-30(15-19-32)41-37(44)26(2)49-34-21-16-31(17-22-34)42-39(46)35(43-38(45)28-8-6-5-7-9-28)25-33-20-23-36(48-33)27-10-12-29(40)13-11-27/h5-23,25-26H,3-4,24H2,1-2H3,(H,41,44)(H,42,46)(H,43,45)/b35-25-/t26-/m0/s1. The second kappa shape index (κ2) is 17.4. The summed E-state index contributed by atoms with van der Waals surface area (Å²) >= 11 is 4.83. The molecule has 0 aliphatic rings. The molecule has 0 bridgehead atoms. The third-order valence-corrected chi connectivity index (χ3v) is 8.89. The summed E-state index contributed by atoms with van der Waals surface area (Å²) in [6, 6.07) is 34.4. The Morgan fingerprint density at radius 2 is 1.51 bits per heavy atom. The number of carbonyl (C=O) groups excluding carboxylic acids is 3. The van der Waals surface area contributed by atoms with Crippen LogP contribution in [0.5, 0.6) is 5.75 Å². The maximum absolute atomic E-state index is 13.5. The van der Waals surface area contributed by atoms with Gasteiger partial charge in [-0.05, 0) is 98.3 Å². The molecule has 1 atom stereocenters. The molecule has 3 amide bonds. The molecule has 0 saturated heterocycles. The van der Waals surface area contributed by atoms with Gasteiger partial charge in [-0.3, -0.25) is 14.4 Å². The summed E-state index contributed by atoms with van der Waals surface area (Å²) in [6.07, 6.45) is 3.55. The molecule has 250 valence electrons. The fourth-order valence-electron chi connectivity index (χ4n) is 4.57. The summed E-state index contributed by atoms with van der Waals surface area (Å²) in [5.41, 5.74) is 2.50. The highest BCUT2D eigenvalue weighted by molar-refractivity contribution is 9.10. The number of hydrogen-bond acceptors (Lipinski definition) is 6. The van der Waals surface area contributed by atoms with Crippen molar-refractivity contribution in [2.75, 3.05) is 17.2 Å². The first-order valence-electron chi connectivity index (χ1n) is 15.8. The van der Waals surface area contributed by atoms with Crippen LogP contribution < -0.4 is 20.7 Å². The van der Waals surface area contributed by atoms with Crippen LogP contribution in [-0.4, -0.2) is 29.6 Å². The van der Waals surface area contributed by atoms with Crippen molar-refractivity contribution in [3.05, 3.63) is 137 Å². The minimum atomic E-state index is -0.527. The van der Waals surface area contributed by atoms with Crippen LogP contribution in [0.15, 0.2) is 135 Å². The number of ether oxygens (including phenoxy) is 1. The van der Waals surface area contributed by atoms with E-state index in [1.807, 2.05) is 73.7 Å². The number of amides is 3. The number of rotatable bonds is 14. The number of thioether (sulfide) groups is 1. The Balaban J connectivity index is 1.23. The fourth-order valence-corrected chi connectivity index (χ4v) is 5.70. The minimum absolute atomic E-state index is 0.00913. The van der Waals surface area contributed by atoms with Gasteiger partial charge >= 0.3 is 0 Å². The van der Waals surface area contributed by atoms with Crippen LogP contribution in [0.4, 0.5) is 11.4 Å². The third kappa shape index (κ3) is 10.5. The summed E-state index contributed by atoms with van der Waals surface area (Å²) in [5.74, 6) is 0.694. The molecule has 0 radical (unpaired) electrons. The minimum Gasteiger partial charge on any atom is -0.494 e. The van der Waals surface area contributed by atoms with E-state index in [9.17, 15) is 14.4 Å². The van der Waals surface area contributed by atoms with Crippen molar-refractivity contribution in [3.63, 3.8) is 0 Å². The lowest BCUT2D eigenvalue weighted by molar-refractivity contribution is -0.115. The zero-order valence-corrected chi connectivity index (χ0v) is 29.5. The van der Waals surface area contributed by atoms with Crippen LogP contribution >= 0.6 is 27.7 Å². The summed E-state index contributed by atoms with van der Waals surface area (Å²) in [4.78, 5) is 40.3. The van der Waals surface area contributed by atoms with E-state index in [1.165, 1.54) is 17.8 Å².